The Hall–Kier alpha value is 0.01000. The first-order chi connectivity index (χ1) is 5.97. The molecule has 0 bridgehead atoms. The van der Waals surface area contributed by atoms with Crippen LogP contribution in [0, 0.1) is 0 Å². The van der Waals surface area contributed by atoms with Crippen molar-refractivity contribution in [2.75, 3.05) is 18.8 Å². The van der Waals surface area contributed by atoms with E-state index in [0.717, 1.165) is 5.25 Å². The summed E-state index contributed by atoms with van der Waals surface area (Å²) in [5, 5.41) is 6.35. The average Bonchev–Trinajstić information content (AvgIpc) is 2.48. The lowest BCUT2D eigenvalue weighted by Crippen LogP contribution is -2.15. The minimum Gasteiger partial charge on any atom is -0.316 e. The monoisotopic (exact) mass is 199 g/mol. The van der Waals surface area contributed by atoms with Gasteiger partial charge in [-0.3, -0.25) is 0 Å². The van der Waals surface area contributed by atoms with Gasteiger partial charge >= 0.3 is 0 Å². The first kappa shape index (κ1) is 8.60. The van der Waals surface area contributed by atoms with Crippen LogP contribution in [-0.2, 0) is 0 Å². The molecule has 2 heterocycles. The van der Waals surface area contributed by atoms with Crippen LogP contribution in [0.15, 0.2) is 17.5 Å². The molecule has 0 aliphatic carbocycles. The third-order valence-electron chi connectivity index (χ3n) is 2.04. The van der Waals surface area contributed by atoms with Crippen LogP contribution in [0.25, 0.3) is 0 Å². The molecule has 1 N–H and O–H groups in total. The van der Waals surface area contributed by atoms with E-state index in [1.165, 1.54) is 25.3 Å². The van der Waals surface area contributed by atoms with E-state index < -0.39 is 0 Å². The van der Waals surface area contributed by atoms with Crippen molar-refractivity contribution in [2.24, 2.45) is 0 Å². The number of thioether (sulfide) groups is 1. The van der Waals surface area contributed by atoms with E-state index in [1.807, 2.05) is 11.3 Å². The van der Waals surface area contributed by atoms with Gasteiger partial charge in [0.2, 0.25) is 0 Å². The van der Waals surface area contributed by atoms with Crippen molar-refractivity contribution in [3.63, 3.8) is 0 Å². The average molecular weight is 199 g/mol. The van der Waals surface area contributed by atoms with Gasteiger partial charge in [0.25, 0.3) is 0 Å². The fraction of sp³-hybridized carbons (Fsp3) is 0.556. The summed E-state index contributed by atoms with van der Waals surface area (Å²) in [6.45, 7) is 2.35. The van der Waals surface area contributed by atoms with E-state index in [-0.39, 0.29) is 0 Å². The van der Waals surface area contributed by atoms with Gasteiger partial charge in [0, 0.05) is 22.4 Å². The van der Waals surface area contributed by atoms with Crippen LogP contribution in [0.1, 0.15) is 16.5 Å². The summed E-state index contributed by atoms with van der Waals surface area (Å²) in [5.41, 5.74) is 0. The minimum atomic E-state index is 0.750. The van der Waals surface area contributed by atoms with Crippen LogP contribution in [0.4, 0.5) is 0 Å². The molecule has 3 heteroatoms. The van der Waals surface area contributed by atoms with Crippen molar-refractivity contribution in [3.05, 3.63) is 22.4 Å². The van der Waals surface area contributed by atoms with Crippen LogP contribution in [-0.4, -0.2) is 18.8 Å². The summed E-state index contributed by atoms with van der Waals surface area (Å²) >= 11 is 3.98. The standard InChI is InChI=1S/C9H13NS2/c1-2-8(11-6-1)9-3-4-10-5-7-12-9/h1-2,6,9-10H,3-5,7H2/t9-/m1/s1. The smallest absolute Gasteiger partial charge is 0.0403 e. The molecule has 1 saturated heterocycles. The van der Waals surface area contributed by atoms with E-state index >= 15 is 0 Å². The Morgan fingerprint density at radius 2 is 2.42 bits per heavy atom. The largest absolute Gasteiger partial charge is 0.316 e. The van der Waals surface area contributed by atoms with E-state index in [9.17, 15) is 0 Å². The molecule has 1 fully saturated rings. The van der Waals surface area contributed by atoms with Gasteiger partial charge in [-0.25, -0.2) is 0 Å². The zero-order valence-corrected chi connectivity index (χ0v) is 8.59. The highest BCUT2D eigenvalue weighted by atomic mass is 32.2. The Bertz CT molecular complexity index is 212. The van der Waals surface area contributed by atoms with Crippen LogP contribution < -0.4 is 5.32 Å². The summed E-state index contributed by atoms with van der Waals surface area (Å²) in [6, 6.07) is 4.41. The number of nitrogens with one attached hydrogen (secondary N) is 1. The number of rotatable bonds is 1. The first-order valence-electron chi connectivity index (χ1n) is 4.32. The lowest BCUT2D eigenvalue weighted by Gasteiger charge is -2.09. The fourth-order valence-corrected chi connectivity index (χ4v) is 3.60. The molecule has 1 nitrogen and oxygen atoms in total. The quantitative estimate of drug-likeness (QED) is 0.746. The summed E-state index contributed by atoms with van der Waals surface area (Å²) < 4.78 is 0. The maximum Gasteiger partial charge on any atom is 0.0403 e. The molecule has 0 aromatic carbocycles. The molecule has 0 saturated carbocycles. The van der Waals surface area contributed by atoms with E-state index in [2.05, 4.69) is 34.6 Å². The second-order valence-corrected chi connectivity index (χ2v) is 5.20. The topological polar surface area (TPSA) is 12.0 Å². The fourth-order valence-electron chi connectivity index (χ4n) is 1.41. The SMILES string of the molecule is c1csc([C@H]2CCNCCS2)c1. The van der Waals surface area contributed by atoms with E-state index in [1.54, 1.807) is 4.88 Å². The number of hydrogen-bond acceptors (Lipinski definition) is 3. The van der Waals surface area contributed by atoms with Crippen molar-refractivity contribution in [3.8, 4) is 0 Å². The van der Waals surface area contributed by atoms with E-state index in [4.69, 9.17) is 0 Å². The molecule has 0 spiro atoms. The van der Waals surface area contributed by atoms with Gasteiger partial charge in [-0.05, 0) is 24.4 Å². The molecule has 12 heavy (non-hydrogen) atoms. The number of thiophene rings is 1. The number of hydrogen-bond donors (Lipinski definition) is 1. The van der Waals surface area contributed by atoms with Crippen molar-refractivity contribution in [1.82, 2.24) is 5.32 Å². The molecule has 1 aromatic heterocycles. The van der Waals surface area contributed by atoms with Crippen LogP contribution in [0.3, 0.4) is 0 Å². The molecule has 0 unspecified atom stereocenters. The van der Waals surface area contributed by atoms with Crippen LogP contribution in [0.5, 0.6) is 0 Å². The van der Waals surface area contributed by atoms with Gasteiger partial charge in [-0.15, -0.1) is 11.3 Å². The maximum atomic E-state index is 3.42. The summed E-state index contributed by atoms with van der Waals surface area (Å²) in [7, 11) is 0. The lowest BCUT2D eigenvalue weighted by molar-refractivity contribution is 0.690. The van der Waals surface area contributed by atoms with Gasteiger partial charge in [-0.2, -0.15) is 11.8 Å². The molecule has 1 aliphatic heterocycles. The Morgan fingerprint density at radius 3 is 3.25 bits per heavy atom. The Labute approximate surface area is 81.6 Å². The van der Waals surface area contributed by atoms with Gasteiger partial charge < -0.3 is 5.32 Å². The second kappa shape index (κ2) is 4.30. The Balaban J connectivity index is 2.02. The normalized spacial score (nSPS) is 25.2. The molecule has 1 aromatic rings. The van der Waals surface area contributed by atoms with Gasteiger partial charge in [0.05, 0.1) is 0 Å². The highest BCUT2D eigenvalue weighted by Crippen LogP contribution is 2.35. The van der Waals surface area contributed by atoms with Crippen molar-refractivity contribution in [2.45, 2.75) is 11.7 Å². The van der Waals surface area contributed by atoms with Gasteiger partial charge in [-0.1, -0.05) is 6.07 Å². The highest BCUT2D eigenvalue weighted by Gasteiger charge is 2.14. The molecule has 0 amide bonds. The maximum absolute atomic E-state index is 3.42. The second-order valence-electron chi connectivity index (χ2n) is 2.91. The third-order valence-corrected chi connectivity index (χ3v) is 4.51. The summed E-state index contributed by atoms with van der Waals surface area (Å²) in [4.78, 5) is 1.55. The van der Waals surface area contributed by atoms with Gasteiger partial charge in [0.15, 0.2) is 0 Å². The predicted molar refractivity (Wildman–Crippen MR) is 57.0 cm³/mol. The van der Waals surface area contributed by atoms with E-state index in [0.29, 0.717) is 0 Å². The molecule has 1 aliphatic rings. The summed E-state index contributed by atoms with van der Waals surface area (Å²) in [6.07, 6.45) is 1.28. The van der Waals surface area contributed by atoms with Crippen molar-refractivity contribution < 1.29 is 0 Å². The van der Waals surface area contributed by atoms with Crippen molar-refractivity contribution >= 4 is 23.1 Å². The predicted octanol–water partition coefficient (Wildman–Crippen LogP) is 2.52. The molecular weight excluding hydrogens is 186 g/mol. The molecule has 66 valence electrons. The van der Waals surface area contributed by atoms with Gasteiger partial charge in [0.1, 0.15) is 0 Å². The Morgan fingerprint density at radius 1 is 1.42 bits per heavy atom. The third kappa shape index (κ3) is 2.03. The molecule has 1 atom stereocenters. The Kier molecular flexibility index (Phi) is 3.08. The molecule has 2 rings (SSSR count). The first-order valence-corrected chi connectivity index (χ1v) is 6.25. The summed E-state index contributed by atoms with van der Waals surface area (Å²) in [5.74, 6) is 1.25. The zero-order chi connectivity index (χ0) is 8.23. The lowest BCUT2D eigenvalue weighted by atomic mass is 10.2. The molecular formula is C9H13NS2. The van der Waals surface area contributed by atoms with Crippen LogP contribution >= 0.6 is 23.1 Å². The minimum absolute atomic E-state index is 0.750. The highest BCUT2D eigenvalue weighted by molar-refractivity contribution is 7.99. The molecule has 0 radical (unpaired) electrons. The zero-order valence-electron chi connectivity index (χ0n) is 6.95. The van der Waals surface area contributed by atoms with Crippen molar-refractivity contribution in [1.29, 1.82) is 0 Å². The van der Waals surface area contributed by atoms with Crippen LogP contribution in [0.2, 0.25) is 0 Å².